The molecule has 1 fully saturated rings. The van der Waals surface area contributed by atoms with Crippen LogP contribution >= 0.6 is 0 Å². The lowest BCUT2D eigenvalue weighted by atomic mass is 10.2. The number of benzene rings is 2. The third-order valence-electron chi connectivity index (χ3n) is 4.87. The molecule has 0 spiro atoms. The van der Waals surface area contributed by atoms with Crippen molar-refractivity contribution in [3.05, 3.63) is 66.5 Å². The van der Waals surface area contributed by atoms with Crippen molar-refractivity contribution in [2.45, 2.75) is 25.9 Å². The van der Waals surface area contributed by atoms with Crippen LogP contribution in [0.1, 0.15) is 30.4 Å². The second-order valence-corrected chi connectivity index (χ2v) is 6.95. The van der Waals surface area contributed by atoms with Crippen LogP contribution in [0.4, 0.5) is 0 Å². The van der Waals surface area contributed by atoms with Crippen molar-refractivity contribution < 1.29 is 14.3 Å². The van der Waals surface area contributed by atoms with E-state index >= 15 is 0 Å². The Morgan fingerprint density at radius 1 is 0.966 bits per heavy atom. The van der Waals surface area contributed by atoms with E-state index in [0.29, 0.717) is 18.9 Å². The van der Waals surface area contributed by atoms with E-state index in [1.807, 2.05) is 60.7 Å². The summed E-state index contributed by atoms with van der Waals surface area (Å²) in [5.74, 6) is -0.436. The molecule has 2 aromatic carbocycles. The van der Waals surface area contributed by atoms with Crippen LogP contribution in [-0.2, 0) is 9.53 Å². The molecule has 0 saturated carbocycles. The van der Waals surface area contributed by atoms with Crippen LogP contribution < -0.4 is 0 Å². The predicted octanol–water partition coefficient (Wildman–Crippen LogP) is 3.10. The first-order chi connectivity index (χ1) is 14.1. The minimum atomic E-state index is -0.871. The van der Waals surface area contributed by atoms with E-state index in [-0.39, 0.29) is 11.7 Å². The van der Waals surface area contributed by atoms with Gasteiger partial charge in [0.05, 0.1) is 5.69 Å². The van der Waals surface area contributed by atoms with Gasteiger partial charge >= 0.3 is 5.97 Å². The number of ether oxygens (including phenoxy) is 1. The molecule has 1 aromatic heterocycles. The van der Waals surface area contributed by atoms with Crippen molar-refractivity contribution in [1.29, 1.82) is 0 Å². The molecule has 1 saturated heterocycles. The first kappa shape index (κ1) is 18.9. The number of carbonyl (C=O) groups is 2. The Hall–Kier alpha value is -3.48. The standard InChI is InChI=1S/C22H22N4O3/c1-16(21(27)25-14-8-9-15-25)29-22(28)19-23-20(17-10-4-2-5-11-17)26(24-19)18-12-6-3-7-13-18/h2-7,10-13,16H,8-9,14-15H2,1H3/t16-/m0/s1. The Kier molecular flexibility index (Phi) is 5.37. The summed E-state index contributed by atoms with van der Waals surface area (Å²) in [7, 11) is 0. The van der Waals surface area contributed by atoms with E-state index in [9.17, 15) is 9.59 Å². The third-order valence-corrected chi connectivity index (χ3v) is 4.87. The fourth-order valence-corrected chi connectivity index (χ4v) is 3.38. The van der Waals surface area contributed by atoms with Gasteiger partial charge in [0.25, 0.3) is 11.7 Å². The highest BCUT2D eigenvalue weighted by Gasteiger charge is 2.28. The number of hydrogen-bond donors (Lipinski definition) is 0. The summed E-state index contributed by atoms with van der Waals surface area (Å²) in [6.45, 7) is 3.00. The van der Waals surface area contributed by atoms with Gasteiger partial charge in [0.1, 0.15) is 0 Å². The van der Waals surface area contributed by atoms with Crippen molar-refractivity contribution in [1.82, 2.24) is 19.7 Å². The molecule has 29 heavy (non-hydrogen) atoms. The maximum absolute atomic E-state index is 12.7. The fraction of sp³-hybridized carbons (Fsp3) is 0.273. The van der Waals surface area contributed by atoms with Gasteiger partial charge in [-0.25, -0.2) is 14.5 Å². The quantitative estimate of drug-likeness (QED) is 0.626. The molecule has 1 aliphatic heterocycles. The summed E-state index contributed by atoms with van der Waals surface area (Å²) in [6, 6.07) is 19.0. The summed E-state index contributed by atoms with van der Waals surface area (Å²) in [6.07, 6.45) is 1.09. The van der Waals surface area contributed by atoms with Gasteiger partial charge in [0.15, 0.2) is 11.9 Å². The van der Waals surface area contributed by atoms with Gasteiger partial charge < -0.3 is 9.64 Å². The van der Waals surface area contributed by atoms with Crippen LogP contribution in [0.2, 0.25) is 0 Å². The minimum absolute atomic E-state index is 0.0752. The van der Waals surface area contributed by atoms with Gasteiger partial charge in [0, 0.05) is 18.7 Å². The van der Waals surface area contributed by atoms with Crippen molar-refractivity contribution in [2.24, 2.45) is 0 Å². The number of amides is 1. The molecule has 0 N–H and O–H groups in total. The maximum atomic E-state index is 12.7. The lowest BCUT2D eigenvalue weighted by molar-refractivity contribution is -0.138. The summed E-state index contributed by atoms with van der Waals surface area (Å²) in [5.41, 5.74) is 1.60. The van der Waals surface area contributed by atoms with Crippen LogP contribution in [0.25, 0.3) is 17.1 Å². The number of likely N-dealkylation sites (tertiary alicyclic amines) is 1. The molecule has 148 valence electrons. The smallest absolute Gasteiger partial charge is 0.379 e. The van der Waals surface area contributed by atoms with Gasteiger partial charge in [-0.05, 0) is 31.9 Å². The Morgan fingerprint density at radius 3 is 2.24 bits per heavy atom. The zero-order valence-corrected chi connectivity index (χ0v) is 16.2. The number of rotatable bonds is 5. The summed E-state index contributed by atoms with van der Waals surface area (Å²) in [5, 5.41) is 4.37. The Morgan fingerprint density at radius 2 is 1.59 bits per heavy atom. The second-order valence-electron chi connectivity index (χ2n) is 6.95. The summed E-state index contributed by atoms with van der Waals surface area (Å²) >= 11 is 0. The highest BCUT2D eigenvalue weighted by Crippen LogP contribution is 2.21. The van der Waals surface area contributed by atoms with E-state index in [1.54, 1.807) is 16.5 Å². The minimum Gasteiger partial charge on any atom is -0.447 e. The maximum Gasteiger partial charge on any atom is 0.379 e. The number of aromatic nitrogens is 3. The fourth-order valence-electron chi connectivity index (χ4n) is 3.38. The van der Waals surface area contributed by atoms with Crippen molar-refractivity contribution in [3.8, 4) is 17.1 Å². The molecule has 1 amide bonds. The summed E-state index contributed by atoms with van der Waals surface area (Å²) < 4.78 is 6.99. The Bertz CT molecular complexity index is 938. The zero-order chi connectivity index (χ0) is 20.2. The number of esters is 1. The molecule has 1 aliphatic rings. The van der Waals surface area contributed by atoms with Crippen molar-refractivity contribution >= 4 is 11.9 Å². The number of nitrogens with zero attached hydrogens (tertiary/aromatic N) is 4. The summed E-state index contributed by atoms with van der Waals surface area (Å²) in [4.78, 5) is 31.2. The average Bonchev–Trinajstić information content (AvgIpc) is 3.45. The molecule has 7 heteroatoms. The van der Waals surface area contributed by atoms with E-state index in [2.05, 4.69) is 10.1 Å². The highest BCUT2D eigenvalue weighted by atomic mass is 16.5. The molecular formula is C22H22N4O3. The van der Waals surface area contributed by atoms with Gasteiger partial charge in [-0.15, -0.1) is 5.10 Å². The molecule has 7 nitrogen and oxygen atoms in total. The highest BCUT2D eigenvalue weighted by molar-refractivity contribution is 5.89. The van der Waals surface area contributed by atoms with E-state index in [4.69, 9.17) is 4.74 Å². The van der Waals surface area contributed by atoms with E-state index < -0.39 is 12.1 Å². The Balaban J connectivity index is 1.61. The largest absolute Gasteiger partial charge is 0.447 e. The van der Waals surface area contributed by atoms with Crippen LogP contribution in [-0.4, -0.2) is 50.7 Å². The van der Waals surface area contributed by atoms with E-state index in [0.717, 1.165) is 24.1 Å². The predicted molar refractivity (Wildman–Crippen MR) is 107 cm³/mol. The molecule has 0 radical (unpaired) electrons. The molecule has 2 heterocycles. The third kappa shape index (κ3) is 4.03. The number of hydrogen-bond acceptors (Lipinski definition) is 5. The van der Waals surface area contributed by atoms with Crippen molar-refractivity contribution in [2.75, 3.05) is 13.1 Å². The van der Waals surface area contributed by atoms with Gasteiger partial charge in [0.2, 0.25) is 0 Å². The first-order valence-corrected chi connectivity index (χ1v) is 9.71. The number of para-hydroxylation sites is 1. The van der Waals surface area contributed by atoms with E-state index in [1.165, 1.54) is 0 Å². The lowest BCUT2D eigenvalue weighted by Crippen LogP contribution is -2.38. The molecule has 0 unspecified atom stereocenters. The first-order valence-electron chi connectivity index (χ1n) is 9.71. The number of carbonyl (C=O) groups excluding carboxylic acids is 2. The topological polar surface area (TPSA) is 77.3 Å². The SMILES string of the molecule is C[C@H](OC(=O)c1nc(-c2ccccc2)n(-c2ccccc2)n1)C(=O)N1CCCC1. The molecule has 3 aromatic rings. The van der Waals surface area contributed by atoms with Crippen LogP contribution in [0, 0.1) is 0 Å². The molecule has 0 aliphatic carbocycles. The van der Waals surface area contributed by atoms with Crippen LogP contribution in [0.5, 0.6) is 0 Å². The Labute approximate surface area is 168 Å². The monoisotopic (exact) mass is 390 g/mol. The van der Waals surface area contributed by atoms with Gasteiger partial charge in [-0.2, -0.15) is 0 Å². The molecular weight excluding hydrogens is 368 g/mol. The van der Waals surface area contributed by atoms with Gasteiger partial charge in [-0.3, -0.25) is 4.79 Å². The van der Waals surface area contributed by atoms with Crippen LogP contribution in [0.3, 0.4) is 0 Å². The average molecular weight is 390 g/mol. The lowest BCUT2D eigenvalue weighted by Gasteiger charge is -2.19. The van der Waals surface area contributed by atoms with Crippen LogP contribution in [0.15, 0.2) is 60.7 Å². The normalized spacial score (nSPS) is 14.6. The molecule has 1 atom stereocenters. The molecule has 0 bridgehead atoms. The second kappa shape index (κ2) is 8.26. The molecule has 4 rings (SSSR count). The van der Waals surface area contributed by atoms with Gasteiger partial charge in [-0.1, -0.05) is 48.5 Å². The van der Waals surface area contributed by atoms with Crippen molar-refractivity contribution in [3.63, 3.8) is 0 Å². The zero-order valence-electron chi connectivity index (χ0n) is 16.2.